The van der Waals surface area contributed by atoms with Crippen molar-refractivity contribution in [1.82, 2.24) is 9.88 Å². The highest BCUT2D eigenvalue weighted by atomic mass is 19.1. The van der Waals surface area contributed by atoms with Crippen LogP contribution in [0.3, 0.4) is 0 Å². The number of aromatic nitrogens is 1. The van der Waals surface area contributed by atoms with Crippen molar-refractivity contribution >= 4 is 17.7 Å². The van der Waals surface area contributed by atoms with Gasteiger partial charge in [-0.2, -0.15) is 0 Å². The average molecular weight is 556 g/mol. The van der Waals surface area contributed by atoms with Gasteiger partial charge in [-0.05, 0) is 63.1 Å². The van der Waals surface area contributed by atoms with Crippen LogP contribution in [0.25, 0.3) is 11.1 Å². The van der Waals surface area contributed by atoms with Crippen molar-refractivity contribution in [2.24, 2.45) is 7.05 Å². The quantitative estimate of drug-likeness (QED) is 0.286. The van der Waals surface area contributed by atoms with E-state index in [-0.39, 0.29) is 11.2 Å². The van der Waals surface area contributed by atoms with Crippen LogP contribution in [0.4, 0.5) is 14.9 Å². The molecule has 0 bridgehead atoms. The lowest BCUT2D eigenvalue weighted by molar-refractivity contribution is -0.118. The number of rotatable bonds is 7. The van der Waals surface area contributed by atoms with Crippen molar-refractivity contribution in [3.05, 3.63) is 124 Å². The first-order chi connectivity index (χ1) is 19.4. The molecule has 0 saturated heterocycles. The van der Waals surface area contributed by atoms with E-state index in [1.54, 1.807) is 52.9 Å². The summed E-state index contributed by atoms with van der Waals surface area (Å²) in [5.74, 6) is -1.68. The van der Waals surface area contributed by atoms with E-state index in [0.717, 1.165) is 11.1 Å². The maximum Gasteiger partial charge on any atom is 0.408 e. The summed E-state index contributed by atoms with van der Waals surface area (Å²) in [6, 6.07) is 25.0. The molecule has 7 nitrogen and oxygen atoms in total. The van der Waals surface area contributed by atoms with Gasteiger partial charge in [0.1, 0.15) is 17.5 Å². The van der Waals surface area contributed by atoms with E-state index in [0.29, 0.717) is 16.8 Å². The molecule has 2 N–H and O–H groups in total. The molecule has 4 aromatic rings. The highest BCUT2D eigenvalue weighted by Gasteiger charge is 2.34. The van der Waals surface area contributed by atoms with Crippen LogP contribution >= 0.6 is 0 Å². The van der Waals surface area contributed by atoms with Crippen molar-refractivity contribution < 1.29 is 18.7 Å². The predicted molar refractivity (Wildman–Crippen MR) is 158 cm³/mol. The van der Waals surface area contributed by atoms with Crippen LogP contribution < -0.4 is 16.2 Å². The molecule has 0 fully saturated rings. The van der Waals surface area contributed by atoms with Gasteiger partial charge in [0.2, 0.25) is 11.5 Å². The second kappa shape index (κ2) is 12.2. The molecule has 212 valence electrons. The molecule has 1 atom stereocenters. The molecule has 2 amide bonds. The molecular formula is C33H34FN3O4. The maximum absolute atomic E-state index is 15.4. The molecule has 1 heterocycles. The summed E-state index contributed by atoms with van der Waals surface area (Å²) in [5, 5.41) is 5.54. The molecule has 3 aromatic carbocycles. The van der Waals surface area contributed by atoms with Crippen LogP contribution in [0, 0.1) is 12.7 Å². The van der Waals surface area contributed by atoms with Crippen LogP contribution in [0.5, 0.6) is 0 Å². The molecule has 4 rings (SSSR count). The van der Waals surface area contributed by atoms with Crippen molar-refractivity contribution in [3.63, 3.8) is 0 Å². The van der Waals surface area contributed by atoms with Crippen molar-refractivity contribution in [1.29, 1.82) is 0 Å². The van der Waals surface area contributed by atoms with Gasteiger partial charge < -0.3 is 19.9 Å². The van der Waals surface area contributed by atoms with Gasteiger partial charge in [-0.25, -0.2) is 9.18 Å². The molecule has 0 aliphatic heterocycles. The maximum atomic E-state index is 15.4. The topological polar surface area (TPSA) is 89.4 Å². The van der Waals surface area contributed by atoms with E-state index >= 15 is 4.39 Å². The van der Waals surface area contributed by atoms with Crippen LogP contribution in [0.15, 0.2) is 95.8 Å². The third-order valence-electron chi connectivity index (χ3n) is 6.75. The molecule has 0 aliphatic rings. The van der Waals surface area contributed by atoms with E-state index in [4.69, 9.17) is 4.74 Å². The van der Waals surface area contributed by atoms with Gasteiger partial charge >= 0.3 is 6.09 Å². The summed E-state index contributed by atoms with van der Waals surface area (Å²) in [6.45, 7) is 6.96. The number of hydrogen-bond donors (Lipinski definition) is 2. The Morgan fingerprint density at radius 3 is 1.95 bits per heavy atom. The summed E-state index contributed by atoms with van der Waals surface area (Å²) in [4.78, 5) is 38.7. The molecule has 0 aliphatic carbocycles. The number of anilines is 1. The molecule has 8 heteroatoms. The minimum atomic E-state index is -1.09. The fraction of sp³-hybridized carbons (Fsp3) is 0.242. The average Bonchev–Trinajstić information content (AvgIpc) is 2.92. The van der Waals surface area contributed by atoms with Gasteiger partial charge in [0, 0.05) is 41.5 Å². The number of pyridine rings is 1. The SMILES string of the molecule is Cc1c(-c2ccc(NC(=O)C(NC(=O)OC(C)(C)C)C(c3ccccc3)c3ccccc3)cc2F)ccc(=O)n1C. The van der Waals surface area contributed by atoms with Gasteiger partial charge in [0.25, 0.3) is 0 Å². The first-order valence-electron chi connectivity index (χ1n) is 13.3. The number of amides is 2. The Morgan fingerprint density at radius 1 is 0.854 bits per heavy atom. The summed E-state index contributed by atoms with van der Waals surface area (Å²) < 4.78 is 22.3. The first kappa shape index (κ1) is 29.3. The van der Waals surface area contributed by atoms with Crippen molar-refractivity contribution in [2.45, 2.75) is 45.3 Å². The van der Waals surface area contributed by atoms with Gasteiger partial charge in [-0.15, -0.1) is 0 Å². The summed E-state index contributed by atoms with van der Waals surface area (Å²) in [7, 11) is 1.63. The largest absolute Gasteiger partial charge is 0.444 e. The minimum Gasteiger partial charge on any atom is -0.444 e. The number of alkyl carbamates (subject to hydrolysis) is 1. The Balaban J connectivity index is 1.70. The number of nitrogens with one attached hydrogen (secondary N) is 2. The second-order valence-corrected chi connectivity index (χ2v) is 10.8. The van der Waals surface area contributed by atoms with E-state index < -0.39 is 35.4 Å². The Morgan fingerprint density at radius 2 is 1.41 bits per heavy atom. The lowest BCUT2D eigenvalue weighted by atomic mass is 9.84. The lowest BCUT2D eigenvalue weighted by Crippen LogP contribution is -2.49. The molecule has 1 aromatic heterocycles. The summed E-state index contributed by atoms with van der Waals surface area (Å²) in [6.07, 6.45) is -0.749. The number of carbonyl (C=O) groups excluding carboxylic acids is 2. The van der Waals surface area contributed by atoms with Gasteiger partial charge in [0.15, 0.2) is 0 Å². The number of hydrogen-bond acceptors (Lipinski definition) is 4. The smallest absolute Gasteiger partial charge is 0.408 e. The molecule has 0 spiro atoms. The second-order valence-electron chi connectivity index (χ2n) is 10.8. The Kier molecular flexibility index (Phi) is 8.71. The zero-order chi connectivity index (χ0) is 29.7. The monoisotopic (exact) mass is 555 g/mol. The molecule has 0 radical (unpaired) electrons. The van der Waals surface area contributed by atoms with Crippen LogP contribution in [0.2, 0.25) is 0 Å². The molecule has 0 saturated carbocycles. The Bertz CT molecular complexity index is 1560. The Labute approximate surface area is 239 Å². The fourth-order valence-electron chi connectivity index (χ4n) is 4.68. The summed E-state index contributed by atoms with van der Waals surface area (Å²) >= 11 is 0. The number of benzene rings is 3. The van der Waals surface area contributed by atoms with Gasteiger partial charge in [-0.1, -0.05) is 60.7 Å². The molecule has 41 heavy (non-hydrogen) atoms. The van der Waals surface area contributed by atoms with E-state index in [1.165, 1.54) is 16.7 Å². The van der Waals surface area contributed by atoms with Crippen LogP contribution in [-0.4, -0.2) is 28.2 Å². The minimum absolute atomic E-state index is 0.189. The number of nitrogens with zero attached hydrogens (tertiary/aromatic N) is 1. The normalized spacial score (nSPS) is 12.1. The molecule has 1 unspecified atom stereocenters. The molecular weight excluding hydrogens is 521 g/mol. The lowest BCUT2D eigenvalue weighted by Gasteiger charge is -2.29. The highest BCUT2D eigenvalue weighted by Crippen LogP contribution is 2.31. The van der Waals surface area contributed by atoms with E-state index in [2.05, 4.69) is 10.6 Å². The zero-order valence-corrected chi connectivity index (χ0v) is 23.8. The van der Waals surface area contributed by atoms with Crippen molar-refractivity contribution in [3.8, 4) is 11.1 Å². The highest BCUT2D eigenvalue weighted by molar-refractivity contribution is 5.98. The third-order valence-corrected chi connectivity index (χ3v) is 6.75. The standard InChI is InChI=1S/C33H34FN3O4/c1-21-25(18-19-28(38)37(21)5)26-17-16-24(20-27(26)34)35-31(39)30(36-32(40)41-33(2,3)4)29(22-12-8-6-9-13-22)23-14-10-7-11-15-23/h6-20,29-30H,1-5H3,(H,35,39)(H,36,40). The van der Waals surface area contributed by atoms with Crippen molar-refractivity contribution in [2.75, 3.05) is 5.32 Å². The number of ether oxygens (including phenoxy) is 1. The number of halogens is 1. The van der Waals surface area contributed by atoms with Crippen LogP contribution in [0.1, 0.15) is 43.5 Å². The first-order valence-corrected chi connectivity index (χ1v) is 13.3. The van der Waals surface area contributed by atoms with Crippen LogP contribution in [-0.2, 0) is 16.6 Å². The predicted octanol–water partition coefficient (Wildman–Crippen LogP) is 6.16. The van der Waals surface area contributed by atoms with Gasteiger partial charge in [0.05, 0.1) is 0 Å². The van der Waals surface area contributed by atoms with E-state index in [9.17, 15) is 14.4 Å². The fourth-order valence-corrected chi connectivity index (χ4v) is 4.68. The summed E-state index contributed by atoms with van der Waals surface area (Å²) in [5.41, 5.74) is 2.34. The number of carbonyl (C=O) groups is 2. The third kappa shape index (κ3) is 7.08. The Hall–Kier alpha value is -4.72. The van der Waals surface area contributed by atoms with Gasteiger partial charge in [-0.3, -0.25) is 9.59 Å². The van der Waals surface area contributed by atoms with E-state index in [1.807, 2.05) is 60.7 Å². The zero-order valence-electron chi connectivity index (χ0n) is 23.8.